The van der Waals surface area contributed by atoms with Gasteiger partial charge in [-0.15, -0.1) is 0 Å². The minimum Gasteiger partial charge on any atom is -0.507 e. The minimum atomic E-state index is -0.0827. The van der Waals surface area contributed by atoms with Gasteiger partial charge in [-0.2, -0.15) is 0 Å². The van der Waals surface area contributed by atoms with Gasteiger partial charge >= 0.3 is 0 Å². The average Bonchev–Trinajstić information content (AvgIpc) is 2.65. The van der Waals surface area contributed by atoms with E-state index in [1.807, 2.05) is 36.1 Å². The molecule has 0 aromatic heterocycles. The number of carbonyl (C=O) groups is 1. The molecule has 1 amide bonds. The van der Waals surface area contributed by atoms with Crippen molar-refractivity contribution in [3.8, 4) is 5.75 Å². The Kier molecular flexibility index (Phi) is 5.51. The van der Waals surface area contributed by atoms with E-state index in [1.54, 1.807) is 12.1 Å². The molecule has 0 radical (unpaired) electrons. The van der Waals surface area contributed by atoms with E-state index in [4.69, 9.17) is 0 Å². The predicted octanol–water partition coefficient (Wildman–Crippen LogP) is 3.17. The van der Waals surface area contributed by atoms with Gasteiger partial charge in [0.25, 0.3) is 5.91 Å². The molecule has 1 fully saturated rings. The highest BCUT2D eigenvalue weighted by Crippen LogP contribution is 2.20. The topological polar surface area (TPSA) is 43.8 Å². The van der Waals surface area contributed by atoms with Crippen LogP contribution in [0.4, 0.5) is 0 Å². The Morgan fingerprint density at radius 2 is 1.80 bits per heavy atom. The Morgan fingerprint density at radius 3 is 2.52 bits per heavy atom. The number of phenolic OH excluding ortho intramolecular Hbond substituents is 1. The van der Waals surface area contributed by atoms with Gasteiger partial charge in [0.1, 0.15) is 5.75 Å². The van der Waals surface area contributed by atoms with Crippen LogP contribution in [0.1, 0.15) is 21.5 Å². The summed E-state index contributed by atoms with van der Waals surface area (Å²) in [6.45, 7) is 5.87. The summed E-state index contributed by atoms with van der Waals surface area (Å²) in [6, 6.07) is 15.4. The zero-order chi connectivity index (χ0) is 17.6. The summed E-state index contributed by atoms with van der Waals surface area (Å²) in [5.41, 5.74) is 2.58. The lowest BCUT2D eigenvalue weighted by atomic mass is 10.1. The standard InChI is InChI=1S/C21H24N2O2/c1-17-9-10-20(24)19(16-17)21(25)23-14-12-22(13-15-23)11-5-8-18-6-3-2-4-7-18/h2-10,16,24H,11-15H2,1H3/b8-5+. The summed E-state index contributed by atoms with van der Waals surface area (Å²) in [4.78, 5) is 16.8. The normalized spacial score (nSPS) is 15.6. The molecule has 25 heavy (non-hydrogen) atoms. The van der Waals surface area contributed by atoms with Gasteiger partial charge in [0, 0.05) is 32.7 Å². The fourth-order valence-corrected chi connectivity index (χ4v) is 3.03. The number of carbonyl (C=O) groups excluding carboxylic acids is 1. The maximum absolute atomic E-state index is 12.6. The van der Waals surface area contributed by atoms with Crippen molar-refractivity contribution < 1.29 is 9.90 Å². The first-order chi connectivity index (χ1) is 12.1. The minimum absolute atomic E-state index is 0.0591. The van der Waals surface area contributed by atoms with Crippen LogP contribution in [-0.4, -0.2) is 53.5 Å². The van der Waals surface area contributed by atoms with E-state index in [1.165, 1.54) is 5.56 Å². The number of benzene rings is 2. The van der Waals surface area contributed by atoms with Crippen LogP contribution in [0.25, 0.3) is 6.08 Å². The molecule has 1 N–H and O–H groups in total. The summed E-state index contributed by atoms with van der Waals surface area (Å²) in [5.74, 6) is -0.0236. The predicted molar refractivity (Wildman–Crippen MR) is 101 cm³/mol. The van der Waals surface area contributed by atoms with Gasteiger partial charge in [0.2, 0.25) is 0 Å². The molecule has 1 aliphatic rings. The Balaban J connectivity index is 1.52. The molecule has 2 aromatic carbocycles. The quantitative estimate of drug-likeness (QED) is 0.933. The van der Waals surface area contributed by atoms with Crippen molar-refractivity contribution in [3.05, 3.63) is 71.3 Å². The monoisotopic (exact) mass is 336 g/mol. The molecule has 4 nitrogen and oxygen atoms in total. The number of rotatable bonds is 4. The highest BCUT2D eigenvalue weighted by atomic mass is 16.3. The molecule has 130 valence electrons. The highest BCUT2D eigenvalue weighted by Gasteiger charge is 2.23. The first-order valence-electron chi connectivity index (χ1n) is 8.66. The Labute approximate surface area is 149 Å². The summed E-state index contributed by atoms with van der Waals surface area (Å²) in [5, 5.41) is 9.95. The maximum Gasteiger partial charge on any atom is 0.257 e. The molecule has 0 spiro atoms. The molecule has 0 unspecified atom stereocenters. The van der Waals surface area contributed by atoms with Gasteiger partial charge in [-0.1, -0.05) is 54.1 Å². The van der Waals surface area contributed by atoms with Crippen LogP contribution in [-0.2, 0) is 0 Å². The van der Waals surface area contributed by atoms with Crippen LogP contribution < -0.4 is 0 Å². The van der Waals surface area contributed by atoms with E-state index < -0.39 is 0 Å². The molecule has 0 bridgehead atoms. The fourth-order valence-electron chi connectivity index (χ4n) is 3.03. The van der Waals surface area contributed by atoms with Crippen LogP contribution in [0.2, 0.25) is 0 Å². The van der Waals surface area contributed by atoms with Gasteiger partial charge in [0.05, 0.1) is 5.56 Å². The summed E-state index contributed by atoms with van der Waals surface area (Å²) in [6.07, 6.45) is 4.29. The van der Waals surface area contributed by atoms with Gasteiger partial charge < -0.3 is 10.0 Å². The largest absolute Gasteiger partial charge is 0.507 e. The SMILES string of the molecule is Cc1ccc(O)c(C(=O)N2CCN(C/C=C/c3ccccc3)CC2)c1. The lowest BCUT2D eigenvalue weighted by molar-refractivity contribution is 0.0647. The van der Waals surface area contributed by atoms with E-state index in [-0.39, 0.29) is 11.7 Å². The van der Waals surface area contributed by atoms with Crippen molar-refractivity contribution in [1.82, 2.24) is 9.80 Å². The van der Waals surface area contributed by atoms with Crippen molar-refractivity contribution in [3.63, 3.8) is 0 Å². The number of amides is 1. The number of phenols is 1. The molecule has 0 saturated carbocycles. The van der Waals surface area contributed by atoms with Crippen molar-refractivity contribution in [2.45, 2.75) is 6.92 Å². The molecule has 1 saturated heterocycles. The highest BCUT2D eigenvalue weighted by molar-refractivity contribution is 5.97. The molecule has 0 atom stereocenters. The summed E-state index contributed by atoms with van der Waals surface area (Å²) < 4.78 is 0. The van der Waals surface area contributed by atoms with Crippen molar-refractivity contribution >= 4 is 12.0 Å². The zero-order valence-corrected chi connectivity index (χ0v) is 14.6. The van der Waals surface area contributed by atoms with E-state index in [0.717, 1.165) is 25.2 Å². The second kappa shape index (κ2) is 7.99. The third kappa shape index (κ3) is 4.48. The van der Waals surface area contributed by atoms with Crippen LogP contribution in [0.15, 0.2) is 54.6 Å². The summed E-state index contributed by atoms with van der Waals surface area (Å²) >= 11 is 0. The number of aromatic hydroxyl groups is 1. The molecule has 4 heteroatoms. The van der Waals surface area contributed by atoms with Crippen molar-refractivity contribution in [1.29, 1.82) is 0 Å². The van der Waals surface area contributed by atoms with Gasteiger partial charge in [-0.3, -0.25) is 9.69 Å². The fraction of sp³-hybridized carbons (Fsp3) is 0.286. The average molecular weight is 336 g/mol. The maximum atomic E-state index is 12.6. The molecular formula is C21H24N2O2. The lowest BCUT2D eigenvalue weighted by Gasteiger charge is -2.34. The first kappa shape index (κ1) is 17.2. The van der Waals surface area contributed by atoms with Crippen molar-refractivity contribution in [2.24, 2.45) is 0 Å². The van der Waals surface area contributed by atoms with Crippen LogP contribution >= 0.6 is 0 Å². The molecule has 3 rings (SSSR count). The number of hydrogen-bond acceptors (Lipinski definition) is 3. The summed E-state index contributed by atoms with van der Waals surface area (Å²) in [7, 11) is 0. The van der Waals surface area contributed by atoms with E-state index in [0.29, 0.717) is 18.7 Å². The second-order valence-electron chi connectivity index (χ2n) is 6.43. The third-order valence-corrected chi connectivity index (χ3v) is 4.52. The number of piperazine rings is 1. The smallest absolute Gasteiger partial charge is 0.257 e. The first-order valence-corrected chi connectivity index (χ1v) is 8.66. The third-order valence-electron chi connectivity index (χ3n) is 4.52. The van der Waals surface area contributed by atoms with Gasteiger partial charge in [-0.05, 0) is 24.6 Å². The van der Waals surface area contributed by atoms with E-state index >= 15 is 0 Å². The second-order valence-corrected chi connectivity index (χ2v) is 6.43. The Hall–Kier alpha value is -2.59. The number of aryl methyl sites for hydroxylation is 1. The number of hydrogen-bond donors (Lipinski definition) is 1. The lowest BCUT2D eigenvalue weighted by Crippen LogP contribution is -2.48. The van der Waals surface area contributed by atoms with Gasteiger partial charge in [-0.25, -0.2) is 0 Å². The molecule has 2 aromatic rings. The Bertz CT molecular complexity index is 748. The van der Waals surface area contributed by atoms with Crippen LogP contribution in [0.3, 0.4) is 0 Å². The molecule has 0 aliphatic carbocycles. The zero-order valence-electron chi connectivity index (χ0n) is 14.6. The van der Waals surface area contributed by atoms with E-state index in [2.05, 4.69) is 29.2 Å². The molecule has 1 aliphatic heterocycles. The van der Waals surface area contributed by atoms with E-state index in [9.17, 15) is 9.90 Å². The van der Waals surface area contributed by atoms with Crippen LogP contribution in [0.5, 0.6) is 5.75 Å². The number of nitrogens with zero attached hydrogens (tertiary/aromatic N) is 2. The van der Waals surface area contributed by atoms with Crippen molar-refractivity contribution in [2.75, 3.05) is 32.7 Å². The van der Waals surface area contributed by atoms with Crippen LogP contribution in [0, 0.1) is 6.92 Å². The Morgan fingerprint density at radius 1 is 1.08 bits per heavy atom. The molecular weight excluding hydrogens is 312 g/mol. The molecule has 1 heterocycles. The van der Waals surface area contributed by atoms with Gasteiger partial charge in [0.15, 0.2) is 0 Å².